The highest BCUT2D eigenvalue weighted by Gasteiger charge is 2.18. The van der Waals surface area contributed by atoms with Gasteiger partial charge in [-0.3, -0.25) is 0 Å². The third kappa shape index (κ3) is 2.60. The van der Waals surface area contributed by atoms with Crippen molar-refractivity contribution in [2.75, 3.05) is 0 Å². The van der Waals surface area contributed by atoms with Crippen LogP contribution in [0.15, 0.2) is 24.3 Å². The van der Waals surface area contributed by atoms with E-state index in [0.717, 1.165) is 16.1 Å². The summed E-state index contributed by atoms with van der Waals surface area (Å²) in [6.07, 6.45) is -0.626. The van der Waals surface area contributed by atoms with Gasteiger partial charge in [0.15, 0.2) is 0 Å². The number of hydrogen-bond acceptors (Lipinski definition) is 4. The maximum absolute atomic E-state index is 10.3. The summed E-state index contributed by atoms with van der Waals surface area (Å²) >= 11 is 1.25. The summed E-state index contributed by atoms with van der Waals surface area (Å²) in [7, 11) is 0. The van der Waals surface area contributed by atoms with Crippen LogP contribution in [0.25, 0.3) is 0 Å². The van der Waals surface area contributed by atoms with Crippen molar-refractivity contribution in [2.45, 2.75) is 39.2 Å². The summed E-state index contributed by atoms with van der Waals surface area (Å²) in [5.41, 5.74) is 3.08. The van der Waals surface area contributed by atoms with Crippen LogP contribution in [0.1, 0.15) is 48.6 Å². The molecule has 1 unspecified atom stereocenters. The van der Waals surface area contributed by atoms with Crippen LogP contribution >= 0.6 is 11.5 Å². The second-order valence-corrected chi connectivity index (χ2v) is 6.28. The lowest BCUT2D eigenvalue weighted by Crippen LogP contribution is -2.11. The Morgan fingerprint density at radius 2 is 1.78 bits per heavy atom. The Kier molecular flexibility index (Phi) is 3.50. The van der Waals surface area contributed by atoms with E-state index >= 15 is 0 Å². The molecule has 0 spiro atoms. The van der Waals surface area contributed by atoms with Crippen molar-refractivity contribution in [1.29, 1.82) is 0 Å². The fraction of sp³-hybridized carbons (Fsp3) is 0.429. The molecular weight excluding hydrogens is 244 g/mol. The van der Waals surface area contributed by atoms with Gasteiger partial charge in [-0.25, -0.2) is 0 Å². The summed E-state index contributed by atoms with van der Waals surface area (Å²) in [5.74, 6) is 0. The second kappa shape index (κ2) is 4.78. The number of aliphatic hydroxyl groups excluding tert-OH is 1. The molecule has 0 radical (unpaired) electrons. The summed E-state index contributed by atoms with van der Waals surface area (Å²) < 4.78 is 3.86. The topological polar surface area (TPSA) is 46.0 Å². The lowest BCUT2D eigenvalue weighted by Gasteiger charge is -2.19. The van der Waals surface area contributed by atoms with E-state index in [0.29, 0.717) is 0 Å². The van der Waals surface area contributed by atoms with Crippen LogP contribution in [0, 0.1) is 6.92 Å². The van der Waals surface area contributed by atoms with Gasteiger partial charge in [-0.05, 0) is 35.0 Å². The molecule has 0 aliphatic rings. The Morgan fingerprint density at radius 1 is 1.17 bits per heavy atom. The molecule has 0 saturated heterocycles. The monoisotopic (exact) mass is 262 g/mol. The van der Waals surface area contributed by atoms with Gasteiger partial charge in [0.05, 0.1) is 10.6 Å². The van der Waals surface area contributed by atoms with E-state index in [1.165, 1.54) is 17.1 Å². The van der Waals surface area contributed by atoms with E-state index in [9.17, 15) is 5.11 Å². The molecule has 2 aromatic rings. The Hall–Kier alpha value is -1.26. The highest BCUT2D eigenvalue weighted by molar-refractivity contribution is 7.05. The van der Waals surface area contributed by atoms with Crippen LogP contribution in [-0.4, -0.2) is 14.7 Å². The molecule has 0 aliphatic carbocycles. The van der Waals surface area contributed by atoms with Crippen LogP contribution in [0.4, 0.5) is 0 Å². The molecular formula is C14H18N2OS. The van der Waals surface area contributed by atoms with Crippen molar-refractivity contribution >= 4 is 11.5 Å². The molecule has 0 saturated carbocycles. The molecule has 1 atom stereocenters. The van der Waals surface area contributed by atoms with E-state index in [4.69, 9.17) is 0 Å². The molecule has 1 heterocycles. The first kappa shape index (κ1) is 13.2. The van der Waals surface area contributed by atoms with E-state index in [1.54, 1.807) is 0 Å². The van der Waals surface area contributed by atoms with Crippen molar-refractivity contribution in [1.82, 2.24) is 9.59 Å². The second-order valence-electron chi connectivity index (χ2n) is 5.50. The van der Waals surface area contributed by atoms with Crippen molar-refractivity contribution in [3.8, 4) is 0 Å². The number of aliphatic hydroxyl groups is 1. The minimum atomic E-state index is -0.626. The molecule has 1 N–H and O–H groups in total. The molecule has 96 valence electrons. The largest absolute Gasteiger partial charge is 0.383 e. The zero-order chi connectivity index (χ0) is 13.3. The lowest BCUT2D eigenvalue weighted by molar-refractivity contribution is 0.223. The van der Waals surface area contributed by atoms with Crippen LogP contribution < -0.4 is 0 Å². The predicted octanol–water partition coefficient (Wildman–Crippen LogP) is 3.23. The maximum Gasteiger partial charge on any atom is 0.117 e. The molecule has 18 heavy (non-hydrogen) atoms. The Bertz CT molecular complexity index is 525. The van der Waals surface area contributed by atoms with Gasteiger partial charge in [-0.1, -0.05) is 49.5 Å². The fourth-order valence-electron chi connectivity index (χ4n) is 1.81. The van der Waals surface area contributed by atoms with Gasteiger partial charge >= 0.3 is 0 Å². The van der Waals surface area contributed by atoms with E-state index in [2.05, 4.69) is 42.5 Å². The zero-order valence-corrected chi connectivity index (χ0v) is 12.0. The minimum Gasteiger partial charge on any atom is -0.383 e. The third-order valence-electron chi connectivity index (χ3n) is 3.03. The SMILES string of the molecule is Cc1nnsc1C(O)c1ccc(C(C)(C)C)cc1. The van der Waals surface area contributed by atoms with Gasteiger partial charge < -0.3 is 5.11 Å². The molecule has 0 bridgehead atoms. The van der Waals surface area contributed by atoms with E-state index < -0.39 is 6.10 Å². The standard InChI is InChI=1S/C14H18N2OS/c1-9-13(18-16-15-9)12(17)10-5-7-11(8-6-10)14(2,3)4/h5-8,12,17H,1-4H3. The molecule has 3 nitrogen and oxygen atoms in total. The van der Waals surface area contributed by atoms with Crippen LogP contribution in [0.5, 0.6) is 0 Å². The number of aryl methyl sites for hydroxylation is 1. The molecule has 0 amide bonds. The quantitative estimate of drug-likeness (QED) is 0.904. The zero-order valence-electron chi connectivity index (χ0n) is 11.1. The number of benzene rings is 1. The third-order valence-corrected chi connectivity index (χ3v) is 3.91. The molecule has 4 heteroatoms. The number of nitrogens with zero attached hydrogens (tertiary/aromatic N) is 2. The Morgan fingerprint density at radius 3 is 2.22 bits per heavy atom. The van der Waals surface area contributed by atoms with Gasteiger partial charge in [0.2, 0.25) is 0 Å². The van der Waals surface area contributed by atoms with E-state index in [1.807, 2.05) is 19.1 Å². The van der Waals surface area contributed by atoms with E-state index in [-0.39, 0.29) is 5.41 Å². The average molecular weight is 262 g/mol. The van der Waals surface area contributed by atoms with Crippen LogP contribution in [-0.2, 0) is 5.41 Å². The average Bonchev–Trinajstić information content (AvgIpc) is 2.73. The van der Waals surface area contributed by atoms with Gasteiger partial charge in [0, 0.05) is 0 Å². The number of rotatable bonds is 2. The highest BCUT2D eigenvalue weighted by atomic mass is 32.1. The predicted molar refractivity (Wildman–Crippen MR) is 73.8 cm³/mol. The fourth-order valence-corrected chi connectivity index (χ4v) is 2.47. The first-order chi connectivity index (χ1) is 8.39. The molecule has 0 fully saturated rings. The first-order valence-corrected chi connectivity index (χ1v) is 6.74. The summed E-state index contributed by atoms with van der Waals surface area (Å²) in [6, 6.07) is 8.10. The molecule has 1 aromatic carbocycles. The Labute approximate surface area is 112 Å². The normalized spacial score (nSPS) is 13.6. The minimum absolute atomic E-state index is 0.130. The smallest absolute Gasteiger partial charge is 0.117 e. The van der Waals surface area contributed by atoms with Gasteiger partial charge in [0.25, 0.3) is 0 Å². The molecule has 2 rings (SSSR count). The lowest BCUT2D eigenvalue weighted by atomic mass is 9.86. The molecule has 1 aromatic heterocycles. The van der Waals surface area contributed by atoms with Crippen molar-refractivity contribution < 1.29 is 5.11 Å². The van der Waals surface area contributed by atoms with Crippen LogP contribution in [0.3, 0.4) is 0 Å². The van der Waals surface area contributed by atoms with Gasteiger partial charge in [-0.15, -0.1) is 5.10 Å². The van der Waals surface area contributed by atoms with Gasteiger partial charge in [0.1, 0.15) is 6.10 Å². The summed E-state index contributed by atoms with van der Waals surface area (Å²) in [4.78, 5) is 0.818. The van der Waals surface area contributed by atoms with Gasteiger partial charge in [-0.2, -0.15) is 0 Å². The van der Waals surface area contributed by atoms with Crippen LogP contribution in [0.2, 0.25) is 0 Å². The number of aromatic nitrogens is 2. The Balaban J connectivity index is 2.28. The summed E-state index contributed by atoms with van der Waals surface area (Å²) in [6.45, 7) is 8.40. The first-order valence-electron chi connectivity index (χ1n) is 5.97. The van der Waals surface area contributed by atoms with Crippen molar-refractivity contribution in [3.05, 3.63) is 46.0 Å². The highest BCUT2D eigenvalue weighted by Crippen LogP contribution is 2.29. The molecule has 0 aliphatic heterocycles. The number of hydrogen-bond donors (Lipinski definition) is 1. The maximum atomic E-state index is 10.3. The van der Waals surface area contributed by atoms with Crippen molar-refractivity contribution in [3.63, 3.8) is 0 Å². The van der Waals surface area contributed by atoms with Crippen molar-refractivity contribution in [2.24, 2.45) is 0 Å². The summed E-state index contributed by atoms with van der Waals surface area (Å²) in [5, 5.41) is 14.2.